The van der Waals surface area contributed by atoms with E-state index in [4.69, 9.17) is 11.6 Å². The van der Waals surface area contributed by atoms with Crippen LogP contribution in [-0.2, 0) is 7.05 Å². The normalized spacial score (nSPS) is 11.4. The minimum atomic E-state index is 0.216. The quantitative estimate of drug-likeness (QED) is 0.594. The lowest BCUT2D eigenvalue weighted by molar-refractivity contribution is 0.929. The molecule has 0 aliphatic heterocycles. The number of nitriles is 1. The number of nitrogens with zero attached hydrogens (tertiary/aromatic N) is 4. The van der Waals surface area contributed by atoms with Crippen LogP contribution in [0.4, 0.5) is 5.69 Å². The Bertz CT molecular complexity index is 887. The van der Waals surface area contributed by atoms with Gasteiger partial charge < -0.3 is 4.57 Å². The molecule has 3 rings (SSSR count). The molecule has 108 valence electrons. The van der Waals surface area contributed by atoms with Gasteiger partial charge in [-0.15, -0.1) is 0 Å². The summed E-state index contributed by atoms with van der Waals surface area (Å²) in [5, 5.41) is 14.1. The molecular formula is C16H12ClN5. The van der Waals surface area contributed by atoms with Crippen LogP contribution in [0.3, 0.4) is 0 Å². The number of hydrazone groups is 1. The van der Waals surface area contributed by atoms with Gasteiger partial charge in [-0.25, -0.2) is 4.98 Å². The van der Waals surface area contributed by atoms with Crippen LogP contribution in [0.2, 0.25) is 5.02 Å². The largest absolute Gasteiger partial charge is 0.325 e. The van der Waals surface area contributed by atoms with Crippen LogP contribution in [0.25, 0.3) is 11.0 Å². The third kappa shape index (κ3) is 2.65. The third-order valence-electron chi connectivity index (χ3n) is 3.25. The Hall–Kier alpha value is -2.84. The fourth-order valence-corrected chi connectivity index (χ4v) is 2.25. The fourth-order valence-electron chi connectivity index (χ4n) is 2.13. The number of para-hydroxylation sites is 2. The zero-order valence-electron chi connectivity index (χ0n) is 11.8. The number of nitrogens with one attached hydrogen (secondary N) is 1. The van der Waals surface area contributed by atoms with Gasteiger partial charge in [0.2, 0.25) is 5.71 Å². The number of hydrogen-bond acceptors (Lipinski definition) is 4. The van der Waals surface area contributed by atoms with Crippen molar-refractivity contribution in [3.63, 3.8) is 0 Å². The van der Waals surface area contributed by atoms with E-state index in [-0.39, 0.29) is 5.71 Å². The maximum Gasteiger partial charge on any atom is 0.203 e. The van der Waals surface area contributed by atoms with Crippen LogP contribution in [0.5, 0.6) is 0 Å². The molecule has 0 fully saturated rings. The second-order valence-electron chi connectivity index (χ2n) is 4.67. The average Bonchev–Trinajstić information content (AvgIpc) is 2.87. The van der Waals surface area contributed by atoms with Crippen molar-refractivity contribution in [2.24, 2.45) is 12.1 Å². The predicted octanol–water partition coefficient (Wildman–Crippen LogP) is 3.57. The van der Waals surface area contributed by atoms with E-state index in [2.05, 4.69) is 21.6 Å². The van der Waals surface area contributed by atoms with Crippen molar-refractivity contribution in [1.82, 2.24) is 9.55 Å². The van der Waals surface area contributed by atoms with Gasteiger partial charge in [0.15, 0.2) is 5.82 Å². The summed E-state index contributed by atoms with van der Waals surface area (Å²) in [4.78, 5) is 4.46. The number of hydrogen-bond donors (Lipinski definition) is 1. The molecule has 0 saturated carbocycles. The first-order valence-corrected chi connectivity index (χ1v) is 6.98. The van der Waals surface area contributed by atoms with Gasteiger partial charge in [-0.2, -0.15) is 10.4 Å². The second-order valence-corrected chi connectivity index (χ2v) is 5.11. The summed E-state index contributed by atoms with van der Waals surface area (Å²) in [5.41, 5.74) is 5.59. The molecule has 0 aliphatic rings. The van der Waals surface area contributed by atoms with Crippen molar-refractivity contribution in [3.05, 3.63) is 59.4 Å². The van der Waals surface area contributed by atoms with E-state index < -0.39 is 0 Å². The molecule has 1 heterocycles. The Morgan fingerprint density at radius 1 is 1.23 bits per heavy atom. The molecule has 0 spiro atoms. The molecule has 0 saturated heterocycles. The Labute approximate surface area is 132 Å². The Morgan fingerprint density at radius 3 is 2.64 bits per heavy atom. The maximum atomic E-state index is 9.36. The Balaban J connectivity index is 1.95. The van der Waals surface area contributed by atoms with Crippen LogP contribution in [-0.4, -0.2) is 15.3 Å². The summed E-state index contributed by atoms with van der Waals surface area (Å²) in [5.74, 6) is 0.519. The molecule has 5 nitrogen and oxygen atoms in total. The number of aromatic nitrogens is 2. The molecule has 1 aromatic heterocycles. The minimum absolute atomic E-state index is 0.216. The van der Waals surface area contributed by atoms with Gasteiger partial charge in [-0.1, -0.05) is 23.7 Å². The standard InChI is InChI=1S/C16H12ClN5/c1-22-15-5-3-2-4-13(15)19-16(22)14(10-18)21-20-12-8-6-11(17)7-9-12/h2-9,20H,1H3/b21-14+. The number of benzene rings is 2. The number of aryl methyl sites for hydroxylation is 1. The lowest BCUT2D eigenvalue weighted by atomic mass is 10.3. The highest BCUT2D eigenvalue weighted by Gasteiger charge is 2.13. The molecule has 0 atom stereocenters. The first-order chi connectivity index (χ1) is 10.7. The SMILES string of the molecule is Cn1c(/C(C#N)=N/Nc2ccc(Cl)cc2)nc2ccccc21. The van der Waals surface area contributed by atoms with Crippen molar-refractivity contribution >= 4 is 34.0 Å². The zero-order chi connectivity index (χ0) is 15.5. The fraction of sp³-hybridized carbons (Fsp3) is 0.0625. The molecule has 0 amide bonds. The predicted molar refractivity (Wildman–Crippen MR) is 87.9 cm³/mol. The van der Waals surface area contributed by atoms with Gasteiger partial charge in [0.1, 0.15) is 6.07 Å². The highest BCUT2D eigenvalue weighted by atomic mass is 35.5. The first-order valence-electron chi connectivity index (χ1n) is 6.60. The third-order valence-corrected chi connectivity index (χ3v) is 3.50. The summed E-state index contributed by atoms with van der Waals surface area (Å²) in [7, 11) is 1.86. The van der Waals surface area contributed by atoms with Crippen LogP contribution in [0, 0.1) is 11.3 Å². The molecule has 0 aliphatic carbocycles. The number of imidazole rings is 1. The van der Waals surface area contributed by atoms with Gasteiger partial charge in [0, 0.05) is 12.1 Å². The number of halogens is 1. The van der Waals surface area contributed by atoms with E-state index in [0.717, 1.165) is 16.7 Å². The minimum Gasteiger partial charge on any atom is -0.325 e. The molecule has 1 N–H and O–H groups in total. The van der Waals surface area contributed by atoms with Crippen molar-refractivity contribution in [3.8, 4) is 6.07 Å². The molecule has 22 heavy (non-hydrogen) atoms. The topological polar surface area (TPSA) is 66.0 Å². The number of rotatable bonds is 3. The molecule has 0 unspecified atom stereocenters. The van der Waals surface area contributed by atoms with E-state index in [1.54, 1.807) is 24.3 Å². The van der Waals surface area contributed by atoms with E-state index >= 15 is 0 Å². The average molecular weight is 310 g/mol. The van der Waals surface area contributed by atoms with Crippen molar-refractivity contribution < 1.29 is 0 Å². The number of fused-ring (bicyclic) bond motifs is 1. The first kappa shape index (κ1) is 14.1. The summed E-state index contributed by atoms with van der Waals surface area (Å²) in [6.45, 7) is 0. The molecular weight excluding hydrogens is 298 g/mol. The Kier molecular flexibility index (Phi) is 3.77. The summed E-state index contributed by atoms with van der Waals surface area (Å²) >= 11 is 5.83. The lowest BCUT2D eigenvalue weighted by Gasteiger charge is -2.02. The van der Waals surface area contributed by atoms with Crippen LogP contribution in [0.1, 0.15) is 5.82 Å². The highest BCUT2D eigenvalue weighted by Crippen LogP contribution is 2.16. The van der Waals surface area contributed by atoms with Gasteiger partial charge in [0.05, 0.1) is 16.7 Å². The smallest absolute Gasteiger partial charge is 0.203 e. The zero-order valence-corrected chi connectivity index (χ0v) is 12.5. The molecule has 6 heteroatoms. The number of anilines is 1. The highest BCUT2D eigenvalue weighted by molar-refractivity contribution is 6.30. The van der Waals surface area contributed by atoms with Gasteiger partial charge in [-0.05, 0) is 36.4 Å². The van der Waals surface area contributed by atoms with Crippen molar-refractivity contribution in [2.45, 2.75) is 0 Å². The van der Waals surface area contributed by atoms with Crippen molar-refractivity contribution in [2.75, 3.05) is 5.43 Å². The van der Waals surface area contributed by atoms with Gasteiger partial charge in [-0.3, -0.25) is 5.43 Å². The van der Waals surface area contributed by atoms with Crippen LogP contribution >= 0.6 is 11.6 Å². The summed E-state index contributed by atoms with van der Waals surface area (Å²) < 4.78 is 1.85. The van der Waals surface area contributed by atoms with E-state index in [1.807, 2.05) is 35.9 Å². The van der Waals surface area contributed by atoms with E-state index in [9.17, 15) is 5.26 Å². The van der Waals surface area contributed by atoms with E-state index in [1.165, 1.54) is 0 Å². The van der Waals surface area contributed by atoms with Gasteiger partial charge >= 0.3 is 0 Å². The molecule has 0 bridgehead atoms. The lowest BCUT2D eigenvalue weighted by Crippen LogP contribution is -2.08. The summed E-state index contributed by atoms with van der Waals surface area (Å²) in [6, 6.07) is 16.9. The maximum absolute atomic E-state index is 9.36. The molecule has 3 aromatic rings. The molecule has 2 aromatic carbocycles. The van der Waals surface area contributed by atoms with E-state index in [0.29, 0.717) is 10.8 Å². The van der Waals surface area contributed by atoms with Crippen molar-refractivity contribution in [1.29, 1.82) is 5.26 Å². The Morgan fingerprint density at radius 2 is 1.95 bits per heavy atom. The summed E-state index contributed by atoms with van der Waals surface area (Å²) in [6.07, 6.45) is 0. The van der Waals surface area contributed by atoms with Crippen LogP contribution in [0.15, 0.2) is 53.6 Å². The van der Waals surface area contributed by atoms with Crippen LogP contribution < -0.4 is 5.43 Å². The monoisotopic (exact) mass is 309 g/mol. The van der Waals surface area contributed by atoms with Gasteiger partial charge in [0.25, 0.3) is 0 Å². The molecule has 0 radical (unpaired) electrons. The second kappa shape index (κ2) is 5.88.